The molecule has 3 rings (SSSR count). The van der Waals surface area contributed by atoms with Crippen LogP contribution in [0.4, 0.5) is 0 Å². The van der Waals surface area contributed by atoms with Crippen molar-refractivity contribution in [1.82, 2.24) is 0 Å². The molecular weight excluding hydrogens is 408 g/mol. The third kappa shape index (κ3) is 6.67. The predicted octanol–water partition coefficient (Wildman–Crippen LogP) is 5.84. The molecule has 1 spiro atoms. The third-order valence-corrected chi connectivity index (χ3v) is 7.35. The molecule has 0 bridgehead atoms. The number of hydrogen-bond donors (Lipinski definition) is 1. The van der Waals surface area contributed by atoms with Gasteiger partial charge in [-0.3, -0.25) is 0 Å². The molecule has 188 valence electrons. The molecule has 6 unspecified atom stereocenters. The van der Waals surface area contributed by atoms with Crippen LogP contribution in [-0.2, 0) is 23.7 Å². The van der Waals surface area contributed by atoms with E-state index in [-0.39, 0.29) is 12.7 Å². The van der Waals surface area contributed by atoms with Gasteiger partial charge in [-0.25, -0.2) is 0 Å². The second-order valence-corrected chi connectivity index (χ2v) is 10.5. The van der Waals surface area contributed by atoms with Crippen molar-refractivity contribution in [3.05, 3.63) is 0 Å². The van der Waals surface area contributed by atoms with E-state index in [4.69, 9.17) is 23.7 Å². The van der Waals surface area contributed by atoms with Crippen LogP contribution in [0.1, 0.15) is 118 Å². The fourth-order valence-corrected chi connectivity index (χ4v) is 5.28. The Morgan fingerprint density at radius 1 is 0.719 bits per heavy atom. The molecule has 3 fully saturated rings. The van der Waals surface area contributed by atoms with E-state index in [9.17, 15) is 5.11 Å². The van der Waals surface area contributed by atoms with Gasteiger partial charge in [-0.1, -0.05) is 78.1 Å². The van der Waals surface area contributed by atoms with Crippen LogP contribution in [0.2, 0.25) is 0 Å². The molecule has 0 radical (unpaired) electrons. The molecule has 3 aliphatic heterocycles. The summed E-state index contributed by atoms with van der Waals surface area (Å²) in [6.45, 7) is 9.06. The van der Waals surface area contributed by atoms with Crippen LogP contribution in [0, 0.1) is 0 Å². The standard InChI is InChI=1S/C26H48O6/c1-5-7-9-11-13-15-17-24(3)28-19-21-22(31-24)23(27)26(30-21)20-29-25(4,32-26)18-16-14-12-10-8-6-2/h21-23,27H,5-20H2,1-4H3. The van der Waals surface area contributed by atoms with Crippen molar-refractivity contribution in [1.29, 1.82) is 0 Å². The molecule has 6 nitrogen and oxygen atoms in total. The smallest absolute Gasteiger partial charge is 0.224 e. The summed E-state index contributed by atoms with van der Waals surface area (Å²) in [7, 11) is 0. The summed E-state index contributed by atoms with van der Waals surface area (Å²) < 4.78 is 30.9. The number of unbranched alkanes of at least 4 members (excludes halogenated alkanes) is 10. The van der Waals surface area contributed by atoms with Gasteiger partial charge in [0, 0.05) is 12.8 Å². The molecule has 0 aromatic heterocycles. The first kappa shape index (κ1) is 26.4. The molecule has 0 aromatic carbocycles. The lowest BCUT2D eigenvalue weighted by Gasteiger charge is -2.40. The maximum atomic E-state index is 11.2. The van der Waals surface area contributed by atoms with E-state index < -0.39 is 29.6 Å². The van der Waals surface area contributed by atoms with Crippen molar-refractivity contribution in [2.24, 2.45) is 0 Å². The van der Waals surface area contributed by atoms with E-state index in [1.54, 1.807) is 0 Å². The van der Waals surface area contributed by atoms with Crippen molar-refractivity contribution in [3.63, 3.8) is 0 Å². The maximum Gasteiger partial charge on any atom is 0.224 e. The number of hydrogen-bond acceptors (Lipinski definition) is 6. The third-order valence-electron chi connectivity index (χ3n) is 7.35. The van der Waals surface area contributed by atoms with E-state index in [0.717, 1.165) is 25.7 Å². The van der Waals surface area contributed by atoms with Crippen LogP contribution in [0.25, 0.3) is 0 Å². The minimum absolute atomic E-state index is 0.227. The van der Waals surface area contributed by atoms with Crippen molar-refractivity contribution < 1.29 is 28.8 Å². The lowest BCUT2D eigenvalue weighted by molar-refractivity contribution is -0.314. The van der Waals surface area contributed by atoms with Gasteiger partial charge in [-0.05, 0) is 26.7 Å². The molecule has 0 aliphatic carbocycles. The largest absolute Gasteiger partial charge is 0.385 e. The number of rotatable bonds is 14. The van der Waals surface area contributed by atoms with Gasteiger partial charge >= 0.3 is 0 Å². The topological polar surface area (TPSA) is 66.4 Å². The highest BCUT2D eigenvalue weighted by Crippen LogP contribution is 2.47. The summed E-state index contributed by atoms with van der Waals surface area (Å²) in [5.74, 6) is -2.55. The maximum absolute atomic E-state index is 11.2. The Labute approximate surface area is 195 Å². The molecule has 32 heavy (non-hydrogen) atoms. The van der Waals surface area contributed by atoms with Gasteiger partial charge in [-0.15, -0.1) is 0 Å². The van der Waals surface area contributed by atoms with Crippen LogP contribution in [0.3, 0.4) is 0 Å². The van der Waals surface area contributed by atoms with Gasteiger partial charge < -0.3 is 28.8 Å². The zero-order valence-electron chi connectivity index (χ0n) is 21.0. The van der Waals surface area contributed by atoms with Crippen molar-refractivity contribution in [2.75, 3.05) is 13.2 Å². The van der Waals surface area contributed by atoms with Gasteiger partial charge in [0.2, 0.25) is 5.79 Å². The molecular formula is C26H48O6. The first-order valence-electron chi connectivity index (χ1n) is 13.4. The van der Waals surface area contributed by atoms with Gasteiger partial charge in [0.1, 0.15) is 24.9 Å². The SMILES string of the molecule is CCCCCCCCC1(C)OCC2OC3(COC(C)(CCCCCCCC)O3)C(O)C2O1. The molecule has 0 aromatic rings. The van der Waals surface area contributed by atoms with Crippen LogP contribution < -0.4 is 0 Å². The van der Waals surface area contributed by atoms with Gasteiger partial charge in [-0.2, -0.15) is 0 Å². The fraction of sp³-hybridized carbons (Fsp3) is 1.00. The van der Waals surface area contributed by atoms with Crippen molar-refractivity contribution in [3.8, 4) is 0 Å². The van der Waals surface area contributed by atoms with E-state index in [2.05, 4.69) is 13.8 Å². The van der Waals surface area contributed by atoms with Gasteiger partial charge in [0.15, 0.2) is 11.6 Å². The zero-order valence-corrected chi connectivity index (χ0v) is 21.0. The Bertz CT molecular complexity index is 542. The van der Waals surface area contributed by atoms with Gasteiger partial charge in [0.05, 0.1) is 6.61 Å². The summed E-state index contributed by atoms with van der Waals surface area (Å²) in [6.07, 6.45) is 14.7. The van der Waals surface area contributed by atoms with Crippen LogP contribution in [-0.4, -0.2) is 54.0 Å². The summed E-state index contributed by atoms with van der Waals surface area (Å²) >= 11 is 0. The average molecular weight is 457 g/mol. The number of aliphatic hydroxyl groups excluding tert-OH is 1. The molecule has 6 heteroatoms. The Kier molecular flexibility index (Phi) is 9.84. The van der Waals surface area contributed by atoms with E-state index >= 15 is 0 Å². The first-order valence-corrected chi connectivity index (χ1v) is 13.4. The summed E-state index contributed by atoms with van der Waals surface area (Å²) in [6, 6.07) is 0. The molecule has 3 heterocycles. The Hall–Kier alpha value is -0.240. The van der Waals surface area contributed by atoms with Crippen LogP contribution in [0.5, 0.6) is 0 Å². The van der Waals surface area contributed by atoms with Crippen molar-refractivity contribution >= 4 is 0 Å². The minimum Gasteiger partial charge on any atom is -0.385 e. The molecule has 0 saturated carbocycles. The van der Waals surface area contributed by atoms with Crippen LogP contribution >= 0.6 is 0 Å². The highest BCUT2D eigenvalue weighted by molar-refractivity contribution is 5.03. The van der Waals surface area contributed by atoms with Crippen molar-refractivity contribution in [2.45, 2.75) is 153 Å². The Balaban J connectivity index is 1.46. The summed E-state index contributed by atoms with van der Waals surface area (Å²) in [5.41, 5.74) is 0. The van der Waals surface area contributed by atoms with E-state index in [1.807, 2.05) is 13.8 Å². The number of ether oxygens (including phenoxy) is 5. The molecule has 3 aliphatic rings. The van der Waals surface area contributed by atoms with Gasteiger partial charge in [0.25, 0.3) is 0 Å². The second kappa shape index (κ2) is 11.9. The monoisotopic (exact) mass is 456 g/mol. The number of aliphatic hydroxyl groups is 1. The minimum atomic E-state index is -1.15. The predicted molar refractivity (Wildman–Crippen MR) is 124 cm³/mol. The molecule has 3 saturated heterocycles. The van der Waals surface area contributed by atoms with E-state index in [0.29, 0.717) is 6.61 Å². The fourth-order valence-electron chi connectivity index (χ4n) is 5.28. The summed E-state index contributed by atoms with van der Waals surface area (Å²) in [5, 5.41) is 11.2. The average Bonchev–Trinajstić information content (AvgIpc) is 3.24. The Morgan fingerprint density at radius 2 is 1.28 bits per heavy atom. The lowest BCUT2D eigenvalue weighted by Crippen LogP contribution is -2.53. The zero-order chi connectivity index (χ0) is 23.1. The quantitative estimate of drug-likeness (QED) is 0.331. The summed E-state index contributed by atoms with van der Waals surface area (Å²) in [4.78, 5) is 0. The second-order valence-electron chi connectivity index (χ2n) is 10.5. The first-order chi connectivity index (χ1) is 15.4. The lowest BCUT2D eigenvalue weighted by atomic mass is 10.0. The van der Waals surface area contributed by atoms with E-state index in [1.165, 1.54) is 64.2 Å². The highest BCUT2D eigenvalue weighted by atomic mass is 16.9. The molecule has 1 N–H and O–H groups in total. The Morgan fingerprint density at radius 3 is 1.91 bits per heavy atom. The normalized spacial score (nSPS) is 39.1. The van der Waals surface area contributed by atoms with Crippen LogP contribution in [0.15, 0.2) is 0 Å². The number of fused-ring (bicyclic) bond motifs is 1. The molecule has 6 atom stereocenters. The highest BCUT2D eigenvalue weighted by Gasteiger charge is 2.65. The molecule has 0 amide bonds.